The molecule has 2 aromatic carbocycles. The molecule has 1 aromatic heterocycles. The Labute approximate surface area is 121 Å². The maximum atomic E-state index is 11.2. The molecule has 3 rings (SSSR count). The quantitative estimate of drug-likeness (QED) is 0.686. The molecule has 0 saturated carbocycles. The molecular formula is C16H14N4O. The second-order valence-corrected chi connectivity index (χ2v) is 4.69. The van der Waals surface area contributed by atoms with Crippen LogP contribution in [0.1, 0.15) is 10.5 Å². The summed E-state index contributed by atoms with van der Waals surface area (Å²) in [7, 11) is 0. The van der Waals surface area contributed by atoms with Crippen molar-refractivity contribution in [2.45, 2.75) is 0 Å². The summed E-state index contributed by atoms with van der Waals surface area (Å²) in [5.74, 6) is -0.168. The number of nitrogen functional groups attached to an aromatic ring is 1. The third kappa shape index (κ3) is 2.62. The molecule has 0 unspecified atom stereocenters. The van der Waals surface area contributed by atoms with Gasteiger partial charge in [-0.2, -0.15) is 0 Å². The molecule has 21 heavy (non-hydrogen) atoms. The van der Waals surface area contributed by atoms with Crippen molar-refractivity contribution in [3.05, 3.63) is 60.3 Å². The molecule has 0 aliphatic heterocycles. The first-order valence-corrected chi connectivity index (χ1v) is 6.45. The Hall–Kier alpha value is -3.08. The number of amides is 1. The highest BCUT2D eigenvalue weighted by atomic mass is 16.1. The SMILES string of the molecule is NC(=O)c1ccc(N)c(Nc2ccc3ccccc3c2)n1. The fraction of sp³-hybridized carbons (Fsp3) is 0. The van der Waals surface area contributed by atoms with Crippen LogP contribution in [-0.4, -0.2) is 10.9 Å². The smallest absolute Gasteiger partial charge is 0.267 e. The third-order valence-electron chi connectivity index (χ3n) is 3.19. The van der Waals surface area contributed by atoms with Gasteiger partial charge in [0.05, 0.1) is 5.69 Å². The first kappa shape index (κ1) is 12.9. The number of primary amides is 1. The van der Waals surface area contributed by atoms with Gasteiger partial charge in [-0.25, -0.2) is 4.98 Å². The molecule has 0 radical (unpaired) electrons. The predicted octanol–water partition coefficient (Wildman–Crippen LogP) is 2.66. The molecule has 3 aromatic rings. The lowest BCUT2D eigenvalue weighted by atomic mass is 10.1. The van der Waals surface area contributed by atoms with Gasteiger partial charge in [-0.05, 0) is 35.0 Å². The molecule has 1 amide bonds. The van der Waals surface area contributed by atoms with Gasteiger partial charge in [0, 0.05) is 5.69 Å². The van der Waals surface area contributed by atoms with E-state index in [1.54, 1.807) is 6.07 Å². The molecule has 0 aliphatic rings. The van der Waals surface area contributed by atoms with Gasteiger partial charge in [-0.1, -0.05) is 30.3 Å². The van der Waals surface area contributed by atoms with Crippen LogP contribution in [-0.2, 0) is 0 Å². The van der Waals surface area contributed by atoms with Crippen molar-refractivity contribution in [3.8, 4) is 0 Å². The Bertz CT molecular complexity index is 829. The number of rotatable bonds is 3. The maximum Gasteiger partial charge on any atom is 0.267 e. The topological polar surface area (TPSA) is 94.0 Å². The molecule has 1 heterocycles. The lowest BCUT2D eigenvalue weighted by Gasteiger charge is -2.10. The van der Waals surface area contributed by atoms with E-state index in [2.05, 4.69) is 10.3 Å². The highest BCUT2D eigenvalue weighted by Gasteiger charge is 2.07. The van der Waals surface area contributed by atoms with Crippen molar-refractivity contribution < 1.29 is 4.79 Å². The molecule has 0 fully saturated rings. The number of nitrogens with two attached hydrogens (primary N) is 2. The summed E-state index contributed by atoms with van der Waals surface area (Å²) in [5, 5.41) is 5.37. The zero-order chi connectivity index (χ0) is 14.8. The van der Waals surface area contributed by atoms with Gasteiger partial charge < -0.3 is 16.8 Å². The Morgan fingerprint density at radius 1 is 1.00 bits per heavy atom. The van der Waals surface area contributed by atoms with Gasteiger partial charge >= 0.3 is 0 Å². The number of carbonyl (C=O) groups is 1. The molecule has 5 heteroatoms. The van der Waals surface area contributed by atoms with Gasteiger partial charge in [-0.15, -0.1) is 0 Å². The highest BCUT2D eigenvalue weighted by Crippen LogP contribution is 2.24. The summed E-state index contributed by atoms with van der Waals surface area (Å²) < 4.78 is 0. The standard InChI is InChI=1S/C16H14N4O/c17-13-7-8-14(15(18)21)20-16(13)19-12-6-5-10-3-1-2-4-11(10)9-12/h1-9H,17H2,(H2,18,21)(H,19,20). The molecule has 5 nitrogen and oxygen atoms in total. The van der Waals surface area contributed by atoms with E-state index in [1.165, 1.54) is 6.07 Å². The largest absolute Gasteiger partial charge is 0.396 e. The number of hydrogen-bond donors (Lipinski definition) is 3. The van der Waals surface area contributed by atoms with Gasteiger partial charge in [0.25, 0.3) is 5.91 Å². The normalized spacial score (nSPS) is 10.5. The predicted molar refractivity (Wildman–Crippen MR) is 84.4 cm³/mol. The zero-order valence-electron chi connectivity index (χ0n) is 11.2. The van der Waals surface area contributed by atoms with Gasteiger partial charge in [0.15, 0.2) is 5.82 Å². The van der Waals surface area contributed by atoms with Crippen LogP contribution in [0.25, 0.3) is 10.8 Å². The van der Waals surface area contributed by atoms with Crippen molar-refractivity contribution in [1.82, 2.24) is 4.98 Å². The summed E-state index contributed by atoms with van der Waals surface area (Å²) >= 11 is 0. The Kier molecular flexibility index (Phi) is 3.16. The summed E-state index contributed by atoms with van der Waals surface area (Å²) in [5.41, 5.74) is 12.6. The molecule has 0 spiro atoms. The second kappa shape index (κ2) is 5.13. The molecule has 0 saturated heterocycles. The van der Waals surface area contributed by atoms with E-state index in [0.717, 1.165) is 16.5 Å². The summed E-state index contributed by atoms with van der Waals surface area (Å²) in [6, 6.07) is 17.1. The van der Waals surface area contributed by atoms with E-state index in [9.17, 15) is 4.79 Å². The van der Waals surface area contributed by atoms with E-state index < -0.39 is 5.91 Å². The summed E-state index contributed by atoms with van der Waals surface area (Å²) in [4.78, 5) is 15.3. The van der Waals surface area contributed by atoms with Gasteiger partial charge in [-0.3, -0.25) is 4.79 Å². The van der Waals surface area contributed by atoms with Crippen molar-refractivity contribution in [2.75, 3.05) is 11.1 Å². The second-order valence-electron chi connectivity index (χ2n) is 4.69. The maximum absolute atomic E-state index is 11.2. The van der Waals surface area contributed by atoms with Crippen LogP contribution in [0.3, 0.4) is 0 Å². The number of hydrogen-bond acceptors (Lipinski definition) is 4. The minimum Gasteiger partial charge on any atom is -0.396 e. The number of pyridine rings is 1. The molecule has 0 atom stereocenters. The van der Waals surface area contributed by atoms with Crippen LogP contribution < -0.4 is 16.8 Å². The Morgan fingerprint density at radius 3 is 2.52 bits per heavy atom. The lowest BCUT2D eigenvalue weighted by Crippen LogP contribution is -2.14. The average molecular weight is 278 g/mol. The molecular weight excluding hydrogens is 264 g/mol. The molecule has 0 aliphatic carbocycles. The van der Waals surface area contributed by atoms with Crippen LogP contribution >= 0.6 is 0 Å². The average Bonchev–Trinajstić information content (AvgIpc) is 2.49. The highest BCUT2D eigenvalue weighted by molar-refractivity contribution is 5.92. The van der Waals surface area contributed by atoms with Crippen LogP contribution in [0.4, 0.5) is 17.2 Å². The van der Waals surface area contributed by atoms with E-state index in [-0.39, 0.29) is 5.69 Å². The minimum absolute atomic E-state index is 0.174. The molecule has 0 bridgehead atoms. The zero-order valence-corrected chi connectivity index (χ0v) is 11.2. The summed E-state index contributed by atoms with van der Waals surface area (Å²) in [6.45, 7) is 0. The van der Waals surface area contributed by atoms with E-state index in [0.29, 0.717) is 11.5 Å². The monoisotopic (exact) mass is 278 g/mol. The van der Waals surface area contributed by atoms with Crippen molar-refractivity contribution in [3.63, 3.8) is 0 Å². The van der Waals surface area contributed by atoms with E-state index >= 15 is 0 Å². The first-order chi connectivity index (χ1) is 10.1. The Balaban J connectivity index is 1.98. The molecule has 5 N–H and O–H groups in total. The van der Waals surface area contributed by atoms with Crippen molar-refractivity contribution >= 4 is 33.9 Å². The number of anilines is 3. The third-order valence-corrected chi connectivity index (χ3v) is 3.19. The van der Waals surface area contributed by atoms with Gasteiger partial charge in [0.2, 0.25) is 0 Å². The number of aromatic nitrogens is 1. The van der Waals surface area contributed by atoms with E-state index in [4.69, 9.17) is 11.5 Å². The fourth-order valence-corrected chi connectivity index (χ4v) is 2.11. The molecule has 104 valence electrons. The Morgan fingerprint density at radius 2 is 1.76 bits per heavy atom. The first-order valence-electron chi connectivity index (χ1n) is 6.45. The minimum atomic E-state index is -0.587. The number of benzene rings is 2. The lowest BCUT2D eigenvalue weighted by molar-refractivity contribution is 0.0996. The van der Waals surface area contributed by atoms with Crippen LogP contribution in [0.5, 0.6) is 0 Å². The number of nitrogens with zero attached hydrogens (tertiary/aromatic N) is 1. The number of carbonyl (C=O) groups excluding carboxylic acids is 1. The van der Waals surface area contributed by atoms with Crippen molar-refractivity contribution in [1.29, 1.82) is 0 Å². The fourth-order valence-electron chi connectivity index (χ4n) is 2.11. The van der Waals surface area contributed by atoms with Crippen LogP contribution in [0.15, 0.2) is 54.6 Å². The van der Waals surface area contributed by atoms with Crippen molar-refractivity contribution in [2.24, 2.45) is 5.73 Å². The van der Waals surface area contributed by atoms with Crippen LogP contribution in [0, 0.1) is 0 Å². The van der Waals surface area contributed by atoms with Crippen LogP contribution in [0.2, 0.25) is 0 Å². The van der Waals surface area contributed by atoms with Gasteiger partial charge in [0.1, 0.15) is 5.69 Å². The number of fused-ring (bicyclic) bond motifs is 1. The van der Waals surface area contributed by atoms with E-state index in [1.807, 2.05) is 42.5 Å². The number of nitrogens with one attached hydrogen (secondary N) is 1. The summed E-state index contributed by atoms with van der Waals surface area (Å²) in [6.07, 6.45) is 0.